The Kier molecular flexibility index (Phi) is 5.71. The Bertz CT molecular complexity index is 1680. The number of nitrogens with one attached hydrogen (secondary N) is 2. The van der Waals surface area contributed by atoms with Gasteiger partial charge in [-0.1, -0.05) is 12.1 Å². The number of hydrogen-bond acceptors (Lipinski definition) is 6. The number of thiophene rings is 1. The van der Waals surface area contributed by atoms with Crippen molar-refractivity contribution in [1.82, 2.24) is 30.0 Å². The summed E-state index contributed by atoms with van der Waals surface area (Å²) in [6, 6.07) is 17.2. The van der Waals surface area contributed by atoms with Gasteiger partial charge in [0.25, 0.3) is 0 Å². The molecule has 0 radical (unpaired) electrons. The van der Waals surface area contributed by atoms with E-state index in [0.717, 1.165) is 72.9 Å². The van der Waals surface area contributed by atoms with E-state index in [4.69, 9.17) is 9.72 Å². The molecule has 180 valence electrons. The van der Waals surface area contributed by atoms with Crippen LogP contribution in [0.15, 0.2) is 67.0 Å². The van der Waals surface area contributed by atoms with Crippen molar-refractivity contribution in [3.63, 3.8) is 0 Å². The van der Waals surface area contributed by atoms with E-state index in [0.29, 0.717) is 12.4 Å². The van der Waals surface area contributed by atoms with E-state index in [1.807, 2.05) is 62.6 Å². The summed E-state index contributed by atoms with van der Waals surface area (Å²) in [6.07, 6.45) is 3.49. The van der Waals surface area contributed by atoms with Gasteiger partial charge in [0.05, 0.1) is 23.1 Å². The monoisotopic (exact) mass is 498 g/mol. The number of fused-ring (bicyclic) bond motifs is 2. The second-order valence-corrected chi connectivity index (χ2v) is 9.81. The van der Waals surface area contributed by atoms with E-state index >= 15 is 0 Å². The lowest BCUT2D eigenvalue weighted by Crippen LogP contribution is -2.19. The summed E-state index contributed by atoms with van der Waals surface area (Å²) >= 11 is 1.14. The van der Waals surface area contributed by atoms with Crippen molar-refractivity contribution < 1.29 is 9.13 Å². The maximum Gasteiger partial charge on any atom is 0.176 e. The third kappa shape index (κ3) is 4.23. The predicted molar refractivity (Wildman–Crippen MR) is 142 cm³/mol. The first-order chi connectivity index (χ1) is 17.5. The number of benzene rings is 1. The topological polar surface area (TPSA) is 82.7 Å². The molecule has 6 rings (SSSR count). The number of H-pyrrole nitrogens is 2. The van der Waals surface area contributed by atoms with Gasteiger partial charge in [-0.15, -0.1) is 11.3 Å². The van der Waals surface area contributed by atoms with Gasteiger partial charge in [0.1, 0.15) is 23.6 Å². The molecule has 36 heavy (non-hydrogen) atoms. The molecule has 0 aliphatic carbocycles. The summed E-state index contributed by atoms with van der Waals surface area (Å²) in [5.41, 5.74) is 6.72. The third-order valence-electron chi connectivity index (χ3n) is 5.98. The third-order valence-corrected chi connectivity index (χ3v) is 6.89. The van der Waals surface area contributed by atoms with Gasteiger partial charge in [-0.3, -0.25) is 10.1 Å². The lowest BCUT2D eigenvalue weighted by Gasteiger charge is -2.11. The molecule has 2 N–H and O–H groups in total. The standard InChI is InChI=1S/C27H23FN6OS/c1-34(2)10-11-35-17-12-16(14-29-15-17)20-6-7-22-26(31-20)27(33-32-22)23-13-19-18(4-3-5-21(19)30-23)24-8-9-25(28)36-24/h3-9,12-15,30H,10-11H2,1-2H3,(H,32,33). The minimum absolute atomic E-state index is 0.200. The highest BCUT2D eigenvalue weighted by molar-refractivity contribution is 7.14. The number of hydrogen-bond donors (Lipinski definition) is 2. The number of rotatable bonds is 7. The molecule has 0 amide bonds. The number of ether oxygens (including phenoxy) is 1. The van der Waals surface area contributed by atoms with Gasteiger partial charge in [-0.25, -0.2) is 4.98 Å². The van der Waals surface area contributed by atoms with Crippen molar-refractivity contribution in [1.29, 1.82) is 0 Å². The SMILES string of the molecule is CN(C)CCOc1cncc(-c2ccc3[nH]nc(-c4cc5c(-c6ccc(F)s6)cccc5[nH]4)c3n2)c1. The first kappa shape index (κ1) is 22.4. The van der Waals surface area contributed by atoms with Crippen LogP contribution in [0.25, 0.3) is 55.0 Å². The van der Waals surface area contributed by atoms with Crippen molar-refractivity contribution in [2.24, 2.45) is 0 Å². The molecular formula is C27H23FN6OS. The van der Waals surface area contributed by atoms with Crippen molar-refractivity contribution >= 4 is 33.3 Å². The number of aromatic amines is 2. The molecule has 5 aromatic heterocycles. The van der Waals surface area contributed by atoms with E-state index < -0.39 is 0 Å². The fraction of sp³-hybridized carbons (Fsp3) is 0.148. The predicted octanol–water partition coefficient (Wildman–Crippen LogP) is 5.98. The maximum atomic E-state index is 13.7. The molecule has 0 saturated heterocycles. The molecular weight excluding hydrogens is 475 g/mol. The molecule has 0 unspecified atom stereocenters. The Morgan fingerprint density at radius 3 is 2.78 bits per heavy atom. The van der Waals surface area contributed by atoms with Crippen LogP contribution in [0.2, 0.25) is 0 Å². The molecule has 0 atom stereocenters. The van der Waals surface area contributed by atoms with Crippen LogP contribution in [-0.2, 0) is 0 Å². The Labute approximate surface area is 210 Å². The number of aromatic nitrogens is 5. The van der Waals surface area contributed by atoms with Crippen molar-refractivity contribution in [2.75, 3.05) is 27.2 Å². The smallest absolute Gasteiger partial charge is 0.176 e. The van der Waals surface area contributed by atoms with E-state index in [9.17, 15) is 4.39 Å². The second kappa shape index (κ2) is 9.18. The van der Waals surface area contributed by atoms with Gasteiger partial charge >= 0.3 is 0 Å². The van der Waals surface area contributed by atoms with Crippen LogP contribution in [0.3, 0.4) is 0 Å². The summed E-state index contributed by atoms with van der Waals surface area (Å²) < 4.78 is 19.5. The zero-order chi connectivity index (χ0) is 24.6. The molecule has 0 saturated carbocycles. The highest BCUT2D eigenvalue weighted by atomic mass is 32.1. The molecule has 7 nitrogen and oxygen atoms in total. The quantitative estimate of drug-likeness (QED) is 0.283. The van der Waals surface area contributed by atoms with Crippen molar-refractivity contribution in [3.8, 4) is 38.8 Å². The number of halogens is 1. The zero-order valence-electron chi connectivity index (χ0n) is 19.7. The van der Waals surface area contributed by atoms with Crippen LogP contribution in [-0.4, -0.2) is 57.3 Å². The number of nitrogens with zero attached hydrogens (tertiary/aromatic N) is 4. The summed E-state index contributed by atoms with van der Waals surface area (Å²) in [5.74, 6) is 0.705. The molecule has 0 aliphatic heterocycles. The minimum Gasteiger partial charge on any atom is -0.491 e. The van der Waals surface area contributed by atoms with E-state index in [1.165, 1.54) is 6.07 Å². The van der Waals surface area contributed by atoms with Gasteiger partial charge in [0.15, 0.2) is 5.13 Å². The lowest BCUT2D eigenvalue weighted by molar-refractivity contribution is 0.261. The molecule has 0 aliphatic rings. The largest absolute Gasteiger partial charge is 0.491 e. The summed E-state index contributed by atoms with van der Waals surface area (Å²) in [7, 11) is 4.02. The van der Waals surface area contributed by atoms with Crippen LogP contribution in [0.1, 0.15) is 0 Å². The highest BCUT2D eigenvalue weighted by Gasteiger charge is 2.16. The highest BCUT2D eigenvalue weighted by Crippen LogP contribution is 2.36. The van der Waals surface area contributed by atoms with Gasteiger partial charge in [-0.05, 0) is 56.6 Å². The average molecular weight is 499 g/mol. The molecule has 0 fully saturated rings. The van der Waals surface area contributed by atoms with Gasteiger partial charge in [-0.2, -0.15) is 9.49 Å². The van der Waals surface area contributed by atoms with Gasteiger partial charge in [0.2, 0.25) is 0 Å². The molecule has 0 spiro atoms. The van der Waals surface area contributed by atoms with E-state index in [-0.39, 0.29) is 5.13 Å². The Hall–Kier alpha value is -4.08. The zero-order valence-corrected chi connectivity index (χ0v) is 20.6. The first-order valence-corrected chi connectivity index (χ1v) is 12.3. The van der Waals surface area contributed by atoms with E-state index in [1.54, 1.807) is 12.4 Å². The molecule has 9 heteroatoms. The number of likely N-dealkylation sites (N-methyl/N-ethyl adjacent to an activating group) is 1. The molecule has 0 bridgehead atoms. The lowest BCUT2D eigenvalue weighted by atomic mass is 10.1. The van der Waals surface area contributed by atoms with E-state index in [2.05, 4.69) is 25.1 Å². The van der Waals surface area contributed by atoms with Gasteiger partial charge in [0, 0.05) is 39.6 Å². The van der Waals surface area contributed by atoms with Crippen molar-refractivity contribution in [3.05, 3.63) is 72.1 Å². The second-order valence-electron chi connectivity index (χ2n) is 8.78. The van der Waals surface area contributed by atoms with Crippen LogP contribution in [0.5, 0.6) is 5.75 Å². The molecule has 5 heterocycles. The molecule has 1 aromatic carbocycles. The normalized spacial score (nSPS) is 11.7. The first-order valence-electron chi connectivity index (χ1n) is 11.5. The summed E-state index contributed by atoms with van der Waals surface area (Å²) in [4.78, 5) is 15.7. The van der Waals surface area contributed by atoms with Crippen molar-refractivity contribution in [2.45, 2.75) is 0 Å². The van der Waals surface area contributed by atoms with Crippen LogP contribution in [0, 0.1) is 5.13 Å². The summed E-state index contributed by atoms with van der Waals surface area (Å²) in [6.45, 7) is 1.40. The summed E-state index contributed by atoms with van der Waals surface area (Å²) in [5, 5.41) is 8.45. The molecule has 6 aromatic rings. The fourth-order valence-corrected chi connectivity index (χ4v) is 4.96. The van der Waals surface area contributed by atoms with Crippen LogP contribution >= 0.6 is 11.3 Å². The Balaban J connectivity index is 1.37. The van der Waals surface area contributed by atoms with Crippen LogP contribution < -0.4 is 4.74 Å². The maximum absolute atomic E-state index is 13.7. The minimum atomic E-state index is -0.200. The Morgan fingerprint density at radius 1 is 1.03 bits per heavy atom. The fourth-order valence-electron chi connectivity index (χ4n) is 4.19. The Morgan fingerprint density at radius 2 is 1.94 bits per heavy atom. The van der Waals surface area contributed by atoms with Gasteiger partial charge < -0.3 is 14.6 Å². The average Bonchev–Trinajstić information content (AvgIpc) is 3.61. The number of pyridine rings is 2. The van der Waals surface area contributed by atoms with Crippen LogP contribution in [0.4, 0.5) is 4.39 Å².